The minimum absolute atomic E-state index is 0.209. The first-order chi connectivity index (χ1) is 6.02. The third-order valence-corrected chi connectivity index (χ3v) is 1.99. The Morgan fingerprint density at radius 3 is 2.38 bits per heavy atom. The molecule has 5 heteroatoms. The van der Waals surface area contributed by atoms with E-state index in [-0.39, 0.29) is 12.4 Å². The first-order valence-electron chi connectivity index (χ1n) is 3.66. The fourth-order valence-electron chi connectivity index (χ4n) is 0.655. The van der Waals surface area contributed by atoms with E-state index in [0.29, 0.717) is 16.3 Å². The van der Waals surface area contributed by atoms with Crippen molar-refractivity contribution in [2.75, 3.05) is 12.9 Å². The molecule has 0 heterocycles. The Balaban J connectivity index is 4.76. The fourth-order valence-corrected chi connectivity index (χ4v) is 0.845. The molecule has 0 aromatic rings. The van der Waals surface area contributed by atoms with Gasteiger partial charge in [-0.1, -0.05) is 6.58 Å². The molecule has 0 aliphatic carbocycles. The average Bonchev–Trinajstić information content (AvgIpc) is 2.04. The third kappa shape index (κ3) is 4.00. The highest BCUT2D eigenvalue weighted by molar-refractivity contribution is 8.02. The van der Waals surface area contributed by atoms with Crippen molar-refractivity contribution in [2.24, 2.45) is 16.5 Å². The summed E-state index contributed by atoms with van der Waals surface area (Å²) in [6.07, 6.45) is 1.84. The number of aliphatic hydroxyl groups excluding tert-OH is 1. The summed E-state index contributed by atoms with van der Waals surface area (Å²) in [5.41, 5.74) is 12.0. The van der Waals surface area contributed by atoms with Crippen LogP contribution in [0.4, 0.5) is 0 Å². The molecule has 0 atom stereocenters. The molecule has 0 amide bonds. The summed E-state index contributed by atoms with van der Waals surface area (Å²) >= 11 is 1.39. The summed E-state index contributed by atoms with van der Waals surface area (Å²) in [5, 5.41) is 9.50. The first-order valence-corrected chi connectivity index (χ1v) is 4.89. The number of aliphatic imine (C=N–C) groups is 1. The zero-order valence-corrected chi connectivity index (χ0v) is 8.69. The van der Waals surface area contributed by atoms with E-state index in [4.69, 9.17) is 16.6 Å². The standard InChI is InChI=1S/C8H15N3OS/c1-5(9)7(4-12)8(10)11-6(2)13-3/h12H,2,4,9H2,1,3H3,(H2,10,11)/b7-5-. The van der Waals surface area contributed by atoms with Gasteiger partial charge in [0.15, 0.2) is 0 Å². The number of nitrogens with zero attached hydrogens (tertiary/aromatic N) is 1. The molecular formula is C8H15N3OS. The zero-order valence-electron chi connectivity index (χ0n) is 7.87. The second kappa shape index (κ2) is 5.66. The second-order valence-corrected chi connectivity index (χ2v) is 3.29. The van der Waals surface area contributed by atoms with E-state index in [1.54, 1.807) is 6.92 Å². The van der Waals surface area contributed by atoms with Crippen LogP contribution in [0, 0.1) is 0 Å². The van der Waals surface area contributed by atoms with Gasteiger partial charge < -0.3 is 16.6 Å². The number of nitrogens with two attached hydrogens (primary N) is 2. The van der Waals surface area contributed by atoms with E-state index in [9.17, 15) is 0 Å². The molecule has 0 saturated heterocycles. The van der Waals surface area contributed by atoms with Gasteiger partial charge in [-0.05, 0) is 13.2 Å². The highest BCUT2D eigenvalue weighted by atomic mass is 32.2. The van der Waals surface area contributed by atoms with Gasteiger partial charge in [0.1, 0.15) is 5.84 Å². The van der Waals surface area contributed by atoms with Crippen LogP contribution in [-0.2, 0) is 0 Å². The molecule has 0 unspecified atom stereocenters. The van der Waals surface area contributed by atoms with Crippen molar-refractivity contribution in [3.8, 4) is 0 Å². The van der Waals surface area contributed by atoms with Crippen LogP contribution in [0.2, 0.25) is 0 Å². The van der Waals surface area contributed by atoms with Crippen molar-refractivity contribution >= 4 is 17.6 Å². The molecule has 5 N–H and O–H groups in total. The van der Waals surface area contributed by atoms with Crippen LogP contribution in [-0.4, -0.2) is 23.8 Å². The molecular weight excluding hydrogens is 186 g/mol. The van der Waals surface area contributed by atoms with E-state index >= 15 is 0 Å². The maximum Gasteiger partial charge on any atom is 0.131 e. The van der Waals surface area contributed by atoms with E-state index in [2.05, 4.69) is 11.6 Å². The molecule has 4 nitrogen and oxygen atoms in total. The number of allylic oxidation sites excluding steroid dienone is 1. The Bertz CT molecular complexity index is 254. The van der Waals surface area contributed by atoms with Crippen molar-refractivity contribution in [2.45, 2.75) is 6.92 Å². The summed E-state index contributed by atoms with van der Waals surface area (Å²) in [4.78, 5) is 3.95. The molecule has 13 heavy (non-hydrogen) atoms. The molecule has 0 aliphatic rings. The minimum Gasteiger partial charge on any atom is -0.402 e. The van der Waals surface area contributed by atoms with Crippen molar-refractivity contribution in [1.82, 2.24) is 0 Å². The van der Waals surface area contributed by atoms with Crippen LogP contribution in [0.3, 0.4) is 0 Å². The van der Waals surface area contributed by atoms with Gasteiger partial charge in [0, 0.05) is 11.3 Å². The lowest BCUT2D eigenvalue weighted by Gasteiger charge is -2.05. The van der Waals surface area contributed by atoms with E-state index < -0.39 is 0 Å². The van der Waals surface area contributed by atoms with Crippen LogP contribution < -0.4 is 11.5 Å². The molecule has 0 bridgehead atoms. The van der Waals surface area contributed by atoms with E-state index in [1.165, 1.54) is 11.8 Å². The molecule has 0 radical (unpaired) electrons. The van der Waals surface area contributed by atoms with Crippen molar-refractivity contribution in [3.05, 3.63) is 22.9 Å². The summed E-state index contributed by atoms with van der Waals surface area (Å²) in [6.45, 7) is 5.09. The number of hydrogen-bond acceptors (Lipinski definition) is 4. The number of aliphatic hydroxyl groups is 1. The lowest BCUT2D eigenvalue weighted by molar-refractivity contribution is 0.335. The van der Waals surface area contributed by atoms with Gasteiger partial charge in [-0.3, -0.25) is 0 Å². The number of rotatable bonds is 4. The van der Waals surface area contributed by atoms with Crippen LogP contribution in [0.25, 0.3) is 0 Å². The minimum atomic E-state index is -0.209. The average molecular weight is 201 g/mol. The molecule has 0 aromatic carbocycles. The SMILES string of the molecule is C=C(/N=C(N)\C(CO)=C(\C)N)SC. The largest absolute Gasteiger partial charge is 0.402 e. The highest BCUT2D eigenvalue weighted by Crippen LogP contribution is 2.10. The summed E-state index contributed by atoms with van der Waals surface area (Å²) < 4.78 is 0. The Morgan fingerprint density at radius 1 is 1.54 bits per heavy atom. The third-order valence-electron chi connectivity index (χ3n) is 1.42. The molecule has 0 rings (SSSR count). The fraction of sp³-hybridized carbons (Fsp3) is 0.375. The molecule has 0 fully saturated rings. The molecule has 0 saturated carbocycles. The summed E-state index contributed by atoms with van der Waals surface area (Å²) in [5.74, 6) is 0.224. The van der Waals surface area contributed by atoms with Gasteiger partial charge in [-0.15, -0.1) is 11.8 Å². The molecule has 0 spiro atoms. The maximum atomic E-state index is 8.92. The normalized spacial score (nSPS) is 13.9. The predicted molar refractivity (Wildman–Crippen MR) is 58.3 cm³/mol. The highest BCUT2D eigenvalue weighted by Gasteiger charge is 2.04. The zero-order chi connectivity index (χ0) is 10.4. The lowest BCUT2D eigenvalue weighted by Crippen LogP contribution is -2.21. The topological polar surface area (TPSA) is 84.6 Å². The Hall–Kier alpha value is -0.940. The summed E-state index contributed by atoms with van der Waals surface area (Å²) in [6, 6.07) is 0. The van der Waals surface area contributed by atoms with Crippen LogP contribution in [0.1, 0.15) is 6.92 Å². The van der Waals surface area contributed by atoms with E-state index in [0.717, 1.165) is 0 Å². The van der Waals surface area contributed by atoms with Crippen molar-refractivity contribution in [1.29, 1.82) is 0 Å². The smallest absolute Gasteiger partial charge is 0.131 e. The number of hydrogen-bond donors (Lipinski definition) is 3. The second-order valence-electron chi connectivity index (χ2n) is 2.41. The van der Waals surface area contributed by atoms with Crippen molar-refractivity contribution < 1.29 is 5.11 Å². The maximum absolute atomic E-state index is 8.92. The Kier molecular flexibility index (Phi) is 5.25. The number of amidine groups is 1. The Morgan fingerprint density at radius 2 is 2.08 bits per heavy atom. The number of thioether (sulfide) groups is 1. The summed E-state index contributed by atoms with van der Waals surface area (Å²) in [7, 11) is 0. The van der Waals surface area contributed by atoms with Gasteiger partial charge >= 0.3 is 0 Å². The molecule has 0 aliphatic heterocycles. The van der Waals surface area contributed by atoms with Crippen molar-refractivity contribution in [3.63, 3.8) is 0 Å². The molecule has 0 aromatic heterocycles. The lowest BCUT2D eigenvalue weighted by atomic mass is 10.2. The quantitative estimate of drug-likeness (QED) is 0.454. The van der Waals surface area contributed by atoms with Gasteiger partial charge in [-0.2, -0.15) is 0 Å². The van der Waals surface area contributed by atoms with Gasteiger partial charge in [0.25, 0.3) is 0 Å². The van der Waals surface area contributed by atoms with Gasteiger partial charge in [-0.25, -0.2) is 4.99 Å². The van der Waals surface area contributed by atoms with Gasteiger partial charge in [0.2, 0.25) is 0 Å². The monoisotopic (exact) mass is 201 g/mol. The van der Waals surface area contributed by atoms with Gasteiger partial charge in [0.05, 0.1) is 11.6 Å². The molecule has 74 valence electrons. The Labute approximate surface area is 82.4 Å². The van der Waals surface area contributed by atoms with Crippen LogP contribution in [0.5, 0.6) is 0 Å². The predicted octanol–water partition coefficient (Wildman–Crippen LogP) is 0.403. The van der Waals surface area contributed by atoms with Crippen LogP contribution in [0.15, 0.2) is 27.9 Å². The van der Waals surface area contributed by atoms with E-state index in [1.807, 2.05) is 6.26 Å². The van der Waals surface area contributed by atoms with Crippen LogP contribution >= 0.6 is 11.8 Å². The first kappa shape index (κ1) is 12.1.